The van der Waals surface area contributed by atoms with Crippen molar-refractivity contribution >= 4 is 0 Å². The molecular formula is C17H29NO. The maximum atomic E-state index is 10.1. The van der Waals surface area contributed by atoms with Crippen LogP contribution in [0.4, 0.5) is 0 Å². The average molecular weight is 263 g/mol. The lowest BCUT2D eigenvalue weighted by molar-refractivity contribution is 0.0373. The van der Waals surface area contributed by atoms with Gasteiger partial charge in [-0.15, -0.1) is 0 Å². The predicted octanol–water partition coefficient (Wildman–Crippen LogP) is 3.91. The molecule has 1 rings (SSSR count). The van der Waals surface area contributed by atoms with Crippen molar-refractivity contribution < 1.29 is 5.11 Å². The highest BCUT2D eigenvalue weighted by atomic mass is 16.3. The van der Waals surface area contributed by atoms with Gasteiger partial charge in [0.15, 0.2) is 0 Å². The Balaban J connectivity index is 2.88. The van der Waals surface area contributed by atoms with E-state index < -0.39 is 5.60 Å². The van der Waals surface area contributed by atoms with Crippen molar-refractivity contribution in [2.75, 3.05) is 0 Å². The van der Waals surface area contributed by atoms with Crippen LogP contribution in [0.15, 0.2) is 30.3 Å². The van der Waals surface area contributed by atoms with E-state index in [1.54, 1.807) is 0 Å². The quantitative estimate of drug-likeness (QED) is 0.844. The van der Waals surface area contributed by atoms with Gasteiger partial charge in [-0.05, 0) is 38.2 Å². The number of rotatable bonds is 5. The summed E-state index contributed by atoms with van der Waals surface area (Å²) in [6.45, 7) is 12.5. The van der Waals surface area contributed by atoms with Crippen molar-refractivity contribution in [3.63, 3.8) is 0 Å². The second-order valence-corrected chi connectivity index (χ2v) is 7.27. The Morgan fingerprint density at radius 3 is 2.00 bits per heavy atom. The summed E-state index contributed by atoms with van der Waals surface area (Å²) < 4.78 is 0. The maximum Gasteiger partial charge on any atom is 0.0741 e. The summed E-state index contributed by atoms with van der Waals surface area (Å²) in [5.74, 6) is 0. The monoisotopic (exact) mass is 263 g/mol. The molecule has 108 valence electrons. The number of benzene rings is 1. The van der Waals surface area contributed by atoms with Gasteiger partial charge in [-0.25, -0.2) is 0 Å². The van der Waals surface area contributed by atoms with Crippen LogP contribution in [0.3, 0.4) is 0 Å². The molecule has 2 atom stereocenters. The van der Waals surface area contributed by atoms with E-state index in [-0.39, 0.29) is 17.5 Å². The molecule has 2 N–H and O–H groups in total. The van der Waals surface area contributed by atoms with Crippen LogP contribution in [0.1, 0.15) is 59.6 Å². The van der Waals surface area contributed by atoms with Gasteiger partial charge in [0.25, 0.3) is 0 Å². The summed E-state index contributed by atoms with van der Waals surface area (Å²) in [6.07, 6.45) is 1.04. The first-order valence-corrected chi connectivity index (χ1v) is 7.13. The highest BCUT2D eigenvalue weighted by Gasteiger charge is 2.27. The van der Waals surface area contributed by atoms with Crippen molar-refractivity contribution in [1.82, 2.24) is 5.32 Å². The summed E-state index contributed by atoms with van der Waals surface area (Å²) in [5, 5.41) is 13.7. The second-order valence-electron chi connectivity index (χ2n) is 7.27. The molecule has 2 heteroatoms. The molecule has 1 aromatic carbocycles. The highest BCUT2D eigenvalue weighted by molar-refractivity contribution is 5.19. The molecule has 0 aliphatic carbocycles. The molecule has 0 spiro atoms. The fourth-order valence-corrected chi connectivity index (χ4v) is 2.08. The highest BCUT2D eigenvalue weighted by Crippen LogP contribution is 2.30. The van der Waals surface area contributed by atoms with E-state index in [0.717, 1.165) is 6.42 Å². The Hall–Kier alpha value is -0.860. The lowest BCUT2D eigenvalue weighted by Gasteiger charge is -2.34. The largest absolute Gasteiger partial charge is 0.389 e. The van der Waals surface area contributed by atoms with E-state index >= 15 is 0 Å². The van der Waals surface area contributed by atoms with E-state index in [9.17, 15) is 5.11 Å². The molecule has 0 aliphatic rings. The molecule has 0 radical (unpaired) electrons. The van der Waals surface area contributed by atoms with Gasteiger partial charge in [-0.3, -0.25) is 0 Å². The van der Waals surface area contributed by atoms with Gasteiger partial charge in [0.1, 0.15) is 0 Å². The third-order valence-electron chi connectivity index (χ3n) is 3.53. The first-order chi connectivity index (χ1) is 8.59. The lowest BCUT2D eigenvalue weighted by atomic mass is 9.84. The van der Waals surface area contributed by atoms with E-state index in [0.29, 0.717) is 0 Å². The molecule has 0 saturated carbocycles. The first-order valence-electron chi connectivity index (χ1n) is 7.13. The normalized spacial score (nSPS) is 16.2. The van der Waals surface area contributed by atoms with Gasteiger partial charge in [-0.1, -0.05) is 51.1 Å². The molecular weight excluding hydrogens is 234 g/mol. The van der Waals surface area contributed by atoms with Crippen molar-refractivity contribution in [2.45, 2.75) is 65.6 Å². The zero-order valence-corrected chi connectivity index (χ0v) is 13.2. The molecule has 19 heavy (non-hydrogen) atoms. The fraction of sp³-hybridized carbons (Fsp3) is 0.647. The Kier molecular flexibility index (Phi) is 5.17. The molecule has 0 heterocycles. The van der Waals surface area contributed by atoms with Gasteiger partial charge in [0.2, 0.25) is 0 Å². The predicted molar refractivity (Wildman–Crippen MR) is 82.2 cm³/mol. The molecule has 2 unspecified atom stereocenters. The summed E-state index contributed by atoms with van der Waals surface area (Å²) in [7, 11) is 0. The van der Waals surface area contributed by atoms with E-state index in [4.69, 9.17) is 0 Å². The van der Waals surface area contributed by atoms with Crippen molar-refractivity contribution in [2.24, 2.45) is 5.41 Å². The summed E-state index contributed by atoms with van der Waals surface area (Å²) in [6, 6.07) is 10.8. The second kappa shape index (κ2) is 6.06. The molecule has 0 aromatic heterocycles. The molecule has 1 aromatic rings. The summed E-state index contributed by atoms with van der Waals surface area (Å²) in [4.78, 5) is 0. The average Bonchev–Trinajstić information content (AvgIpc) is 2.26. The zero-order valence-electron chi connectivity index (χ0n) is 13.2. The Morgan fingerprint density at radius 1 is 1.05 bits per heavy atom. The minimum absolute atomic E-state index is 0.0417. The van der Waals surface area contributed by atoms with Crippen LogP contribution < -0.4 is 5.32 Å². The van der Waals surface area contributed by atoms with Crippen LogP contribution in [0.25, 0.3) is 0 Å². The first kappa shape index (κ1) is 16.2. The maximum absolute atomic E-state index is 10.1. The standard InChI is InChI=1S/C17H29NO/c1-13(17(5,6)19)18-15(12-16(2,3)4)14-10-8-7-9-11-14/h7-11,13,15,18-19H,12H2,1-6H3. The number of aliphatic hydroxyl groups is 1. The minimum Gasteiger partial charge on any atom is -0.389 e. The Bertz CT molecular complexity index is 372. The van der Waals surface area contributed by atoms with Crippen LogP contribution >= 0.6 is 0 Å². The Labute approximate surface area is 118 Å². The molecule has 2 nitrogen and oxygen atoms in total. The fourth-order valence-electron chi connectivity index (χ4n) is 2.08. The van der Waals surface area contributed by atoms with Gasteiger partial charge in [0.05, 0.1) is 5.60 Å². The van der Waals surface area contributed by atoms with Gasteiger partial charge in [0, 0.05) is 12.1 Å². The third kappa shape index (κ3) is 5.75. The third-order valence-corrected chi connectivity index (χ3v) is 3.53. The summed E-state index contributed by atoms with van der Waals surface area (Å²) in [5.41, 5.74) is 0.811. The minimum atomic E-state index is -0.717. The summed E-state index contributed by atoms with van der Waals surface area (Å²) >= 11 is 0. The van der Waals surface area contributed by atoms with E-state index in [2.05, 4.69) is 50.4 Å². The van der Waals surface area contributed by atoms with E-state index in [1.165, 1.54) is 5.56 Å². The van der Waals surface area contributed by atoms with Gasteiger partial charge in [-0.2, -0.15) is 0 Å². The van der Waals surface area contributed by atoms with Crippen LogP contribution in [-0.4, -0.2) is 16.7 Å². The van der Waals surface area contributed by atoms with Gasteiger partial charge < -0.3 is 10.4 Å². The van der Waals surface area contributed by atoms with Crippen LogP contribution in [-0.2, 0) is 0 Å². The molecule has 0 aliphatic heterocycles. The molecule has 0 amide bonds. The van der Waals surface area contributed by atoms with E-state index in [1.807, 2.05) is 26.8 Å². The van der Waals surface area contributed by atoms with Crippen LogP contribution in [0.5, 0.6) is 0 Å². The number of hydrogen-bond acceptors (Lipinski definition) is 2. The van der Waals surface area contributed by atoms with Gasteiger partial charge >= 0.3 is 0 Å². The van der Waals surface area contributed by atoms with Crippen molar-refractivity contribution in [3.05, 3.63) is 35.9 Å². The SMILES string of the molecule is CC(NC(CC(C)(C)C)c1ccccc1)C(C)(C)O. The number of hydrogen-bond donors (Lipinski definition) is 2. The van der Waals surface area contributed by atoms with Crippen LogP contribution in [0, 0.1) is 5.41 Å². The molecule has 0 saturated heterocycles. The Morgan fingerprint density at radius 2 is 1.58 bits per heavy atom. The zero-order chi connectivity index (χ0) is 14.7. The smallest absolute Gasteiger partial charge is 0.0741 e. The molecule has 0 fully saturated rings. The van der Waals surface area contributed by atoms with Crippen LogP contribution in [0.2, 0.25) is 0 Å². The topological polar surface area (TPSA) is 32.3 Å². The van der Waals surface area contributed by atoms with Crippen molar-refractivity contribution in [1.29, 1.82) is 0 Å². The number of nitrogens with one attached hydrogen (secondary N) is 1. The lowest BCUT2D eigenvalue weighted by Crippen LogP contribution is -2.46. The van der Waals surface area contributed by atoms with Crippen molar-refractivity contribution in [3.8, 4) is 0 Å². The molecule has 0 bridgehead atoms.